The van der Waals surface area contributed by atoms with E-state index in [1.807, 2.05) is 6.07 Å². The number of para-hydroxylation sites is 1. The van der Waals surface area contributed by atoms with Crippen LogP contribution in [0.4, 0.5) is 5.69 Å². The Morgan fingerprint density at radius 2 is 1.82 bits per heavy atom. The summed E-state index contributed by atoms with van der Waals surface area (Å²) in [5, 5.41) is 10.8. The Morgan fingerprint density at radius 3 is 2.61 bits per heavy atom. The number of hydrogen-bond acceptors (Lipinski definition) is 7. The lowest BCUT2D eigenvalue weighted by molar-refractivity contribution is -0.117. The van der Waals surface area contributed by atoms with Gasteiger partial charge in [-0.3, -0.25) is 14.6 Å². The molecule has 1 N–H and O–H groups in total. The van der Waals surface area contributed by atoms with Crippen LogP contribution >= 0.6 is 0 Å². The van der Waals surface area contributed by atoms with E-state index in [9.17, 15) is 9.59 Å². The first-order valence-corrected chi connectivity index (χ1v) is 8.36. The first-order chi connectivity index (χ1) is 13.7. The highest BCUT2D eigenvalue weighted by Gasteiger charge is 2.14. The van der Waals surface area contributed by atoms with E-state index < -0.39 is 5.56 Å². The van der Waals surface area contributed by atoms with E-state index in [-0.39, 0.29) is 18.3 Å². The number of pyridine rings is 1. The van der Waals surface area contributed by atoms with E-state index in [0.29, 0.717) is 17.2 Å². The summed E-state index contributed by atoms with van der Waals surface area (Å²) in [7, 11) is 0. The molecule has 9 heteroatoms. The number of anilines is 1. The third kappa shape index (κ3) is 3.83. The quantitative estimate of drug-likeness (QED) is 0.568. The minimum Gasteiger partial charge on any atom is -0.332 e. The highest BCUT2D eigenvalue weighted by molar-refractivity contribution is 5.90. The van der Waals surface area contributed by atoms with Crippen LogP contribution in [0.3, 0.4) is 0 Å². The van der Waals surface area contributed by atoms with Crippen molar-refractivity contribution >= 4 is 11.6 Å². The van der Waals surface area contributed by atoms with Crippen LogP contribution in [0.2, 0.25) is 0 Å². The molecule has 4 rings (SSSR count). The molecule has 0 saturated carbocycles. The van der Waals surface area contributed by atoms with Crippen molar-refractivity contribution in [3.63, 3.8) is 0 Å². The van der Waals surface area contributed by atoms with Gasteiger partial charge in [0.05, 0.1) is 0 Å². The molecule has 0 radical (unpaired) electrons. The predicted molar refractivity (Wildman–Crippen MR) is 100 cm³/mol. The van der Waals surface area contributed by atoms with Gasteiger partial charge in [-0.25, -0.2) is 4.68 Å². The van der Waals surface area contributed by atoms with Gasteiger partial charge in [0.2, 0.25) is 11.7 Å². The zero-order valence-electron chi connectivity index (χ0n) is 14.5. The maximum absolute atomic E-state index is 12.2. The van der Waals surface area contributed by atoms with Gasteiger partial charge in [-0.1, -0.05) is 23.4 Å². The van der Waals surface area contributed by atoms with E-state index >= 15 is 0 Å². The minimum atomic E-state index is -0.416. The van der Waals surface area contributed by atoms with Gasteiger partial charge < -0.3 is 9.84 Å². The Hall–Kier alpha value is -4.14. The van der Waals surface area contributed by atoms with Crippen molar-refractivity contribution < 1.29 is 9.32 Å². The van der Waals surface area contributed by atoms with E-state index in [0.717, 1.165) is 10.2 Å². The highest BCUT2D eigenvalue weighted by atomic mass is 16.5. The number of hydrogen-bond donors (Lipinski definition) is 1. The Labute approximate surface area is 158 Å². The Bertz CT molecular complexity index is 1160. The molecule has 0 aliphatic carbocycles. The van der Waals surface area contributed by atoms with E-state index in [2.05, 4.69) is 25.5 Å². The Morgan fingerprint density at radius 1 is 1.04 bits per heavy atom. The van der Waals surface area contributed by atoms with Crippen LogP contribution in [-0.4, -0.2) is 30.8 Å². The second-order valence-corrected chi connectivity index (χ2v) is 5.79. The van der Waals surface area contributed by atoms with Crippen LogP contribution < -0.4 is 10.9 Å². The number of amides is 1. The maximum atomic E-state index is 12.2. The molecule has 0 aliphatic heterocycles. The van der Waals surface area contributed by atoms with Crippen molar-refractivity contribution in [3.05, 3.63) is 77.3 Å². The van der Waals surface area contributed by atoms with Crippen LogP contribution in [0.5, 0.6) is 0 Å². The Balaban J connectivity index is 1.55. The molecular weight excluding hydrogens is 360 g/mol. The average molecular weight is 374 g/mol. The number of nitrogens with zero attached hydrogens (tertiary/aromatic N) is 5. The van der Waals surface area contributed by atoms with Crippen LogP contribution in [0.25, 0.3) is 23.0 Å². The first kappa shape index (κ1) is 17.3. The molecule has 138 valence electrons. The molecule has 0 aliphatic rings. The van der Waals surface area contributed by atoms with Crippen molar-refractivity contribution in [2.45, 2.75) is 6.54 Å². The Kier molecular flexibility index (Phi) is 4.70. The van der Waals surface area contributed by atoms with Gasteiger partial charge in [-0.05, 0) is 30.3 Å². The summed E-state index contributed by atoms with van der Waals surface area (Å²) in [6.45, 7) is -0.243. The van der Waals surface area contributed by atoms with Crippen molar-refractivity contribution in [1.82, 2.24) is 24.9 Å². The molecule has 0 bridgehead atoms. The fourth-order valence-electron chi connectivity index (χ4n) is 2.48. The van der Waals surface area contributed by atoms with Crippen molar-refractivity contribution in [1.29, 1.82) is 0 Å². The number of aromatic nitrogens is 5. The number of carbonyl (C=O) groups is 1. The molecule has 9 nitrogen and oxygen atoms in total. The van der Waals surface area contributed by atoms with Crippen molar-refractivity contribution in [2.75, 3.05) is 5.32 Å². The fourth-order valence-corrected chi connectivity index (χ4v) is 2.48. The molecular formula is C19H14N6O3. The predicted octanol–water partition coefficient (Wildman–Crippen LogP) is 1.99. The van der Waals surface area contributed by atoms with Crippen molar-refractivity contribution in [2.24, 2.45) is 0 Å². The summed E-state index contributed by atoms with van der Waals surface area (Å²) < 4.78 is 6.29. The number of rotatable bonds is 5. The van der Waals surface area contributed by atoms with Crippen LogP contribution in [0.15, 0.2) is 76.3 Å². The molecule has 1 aromatic carbocycles. The van der Waals surface area contributed by atoms with Crippen molar-refractivity contribution in [3.8, 4) is 23.0 Å². The molecule has 0 spiro atoms. The summed E-state index contributed by atoms with van der Waals surface area (Å²) in [4.78, 5) is 32.5. The lowest BCUT2D eigenvalue weighted by Gasteiger charge is -2.07. The third-order valence-corrected chi connectivity index (χ3v) is 3.80. The topological polar surface area (TPSA) is 116 Å². The van der Waals surface area contributed by atoms with Crippen LogP contribution in [0, 0.1) is 0 Å². The largest absolute Gasteiger partial charge is 0.332 e. The standard InChI is InChI=1S/C19H14N6O3/c26-16(21-14-4-2-1-3-5-14)12-25-17(27)7-6-15(23-25)19-22-18(24-28-19)13-8-10-20-11-9-13/h1-11H,12H2,(H,21,26). The van der Waals surface area contributed by atoms with Crippen LogP contribution in [0.1, 0.15) is 0 Å². The van der Waals surface area contributed by atoms with E-state index in [4.69, 9.17) is 4.52 Å². The second-order valence-electron chi connectivity index (χ2n) is 5.79. The number of nitrogens with one attached hydrogen (secondary N) is 1. The minimum absolute atomic E-state index is 0.143. The number of carbonyl (C=O) groups excluding carboxylic acids is 1. The van der Waals surface area contributed by atoms with Gasteiger partial charge in [-0.15, -0.1) is 0 Å². The second kappa shape index (κ2) is 7.62. The average Bonchev–Trinajstić information content (AvgIpc) is 3.21. The monoisotopic (exact) mass is 374 g/mol. The molecule has 0 atom stereocenters. The highest BCUT2D eigenvalue weighted by Crippen LogP contribution is 2.19. The van der Waals surface area contributed by atoms with Gasteiger partial charge in [0.25, 0.3) is 11.4 Å². The molecule has 1 amide bonds. The first-order valence-electron chi connectivity index (χ1n) is 8.36. The summed E-state index contributed by atoms with van der Waals surface area (Å²) in [6.07, 6.45) is 3.24. The number of benzene rings is 1. The molecule has 0 saturated heterocycles. The molecule has 4 aromatic rings. The van der Waals surface area contributed by atoms with Gasteiger partial charge in [-0.2, -0.15) is 10.1 Å². The van der Waals surface area contributed by atoms with Gasteiger partial charge in [0.1, 0.15) is 12.2 Å². The fraction of sp³-hybridized carbons (Fsp3) is 0.0526. The molecule has 0 unspecified atom stereocenters. The summed E-state index contributed by atoms with van der Waals surface area (Å²) in [6, 6.07) is 15.2. The third-order valence-electron chi connectivity index (χ3n) is 3.80. The summed E-state index contributed by atoms with van der Waals surface area (Å²) in [5.41, 5.74) is 1.25. The summed E-state index contributed by atoms with van der Waals surface area (Å²) in [5.74, 6) is 0.142. The normalized spacial score (nSPS) is 10.6. The molecule has 3 heterocycles. The zero-order chi connectivity index (χ0) is 19.3. The summed E-state index contributed by atoms with van der Waals surface area (Å²) >= 11 is 0. The molecule has 0 fully saturated rings. The van der Waals surface area contributed by atoms with E-state index in [1.165, 1.54) is 12.1 Å². The van der Waals surface area contributed by atoms with Gasteiger partial charge >= 0.3 is 0 Å². The zero-order valence-corrected chi connectivity index (χ0v) is 14.5. The van der Waals surface area contributed by atoms with Gasteiger partial charge in [0.15, 0.2) is 0 Å². The lowest BCUT2D eigenvalue weighted by atomic mass is 10.2. The smallest absolute Gasteiger partial charge is 0.278 e. The molecule has 28 heavy (non-hydrogen) atoms. The van der Waals surface area contributed by atoms with Gasteiger partial charge in [0, 0.05) is 29.7 Å². The van der Waals surface area contributed by atoms with Crippen LogP contribution in [-0.2, 0) is 11.3 Å². The molecule has 3 aromatic heterocycles. The maximum Gasteiger partial charge on any atom is 0.278 e. The SMILES string of the molecule is O=C(Cn1nc(-c2nc(-c3ccncc3)no2)ccc1=O)Nc1ccccc1. The van der Waals surface area contributed by atoms with E-state index in [1.54, 1.807) is 48.8 Å². The lowest BCUT2D eigenvalue weighted by Crippen LogP contribution is -2.29.